The van der Waals surface area contributed by atoms with Crippen LogP contribution in [-0.4, -0.2) is 24.5 Å². The fourth-order valence-electron chi connectivity index (χ4n) is 3.22. The quantitative estimate of drug-likeness (QED) is 0.214. The maximum Gasteiger partial charge on any atom is 0.328 e. The standard InChI is InChI=1S/C24H38BrNO3/c1-3-4-5-6-7-8-9-10-11-12-13-16-19-29-24(28)20(2)26-23(27)21-17-14-15-18-22(21)25/h14-15,17-18,20H,3-13,16,19H2,1-2H3,(H,26,27)/t20-/m0/s1. The lowest BCUT2D eigenvalue weighted by molar-refractivity contribution is -0.145. The molecule has 0 unspecified atom stereocenters. The second-order valence-corrected chi connectivity index (χ2v) is 8.59. The zero-order chi connectivity index (χ0) is 21.3. The molecule has 0 bridgehead atoms. The molecule has 0 aliphatic heterocycles. The molecule has 0 aromatic heterocycles. The third-order valence-corrected chi connectivity index (χ3v) is 5.75. The van der Waals surface area contributed by atoms with Crippen molar-refractivity contribution in [3.63, 3.8) is 0 Å². The molecule has 1 atom stereocenters. The Bertz CT molecular complexity index is 591. The monoisotopic (exact) mass is 467 g/mol. The molecule has 0 radical (unpaired) electrons. The number of halogens is 1. The molecular formula is C24H38BrNO3. The first-order valence-corrected chi connectivity index (χ1v) is 12.1. The molecule has 1 amide bonds. The second kappa shape index (κ2) is 16.4. The lowest BCUT2D eigenvalue weighted by atomic mass is 10.1. The average molecular weight is 468 g/mol. The van der Waals surface area contributed by atoms with Gasteiger partial charge in [-0.2, -0.15) is 0 Å². The maximum absolute atomic E-state index is 12.2. The predicted molar refractivity (Wildman–Crippen MR) is 123 cm³/mol. The van der Waals surface area contributed by atoms with E-state index in [1.807, 2.05) is 6.07 Å². The largest absolute Gasteiger partial charge is 0.464 e. The van der Waals surface area contributed by atoms with Crippen LogP contribution in [0.15, 0.2) is 28.7 Å². The van der Waals surface area contributed by atoms with Crippen LogP contribution in [0.1, 0.15) is 101 Å². The normalized spacial score (nSPS) is 11.8. The topological polar surface area (TPSA) is 55.4 Å². The number of unbranched alkanes of at least 4 members (excludes halogenated alkanes) is 11. The number of carbonyl (C=O) groups excluding carboxylic acids is 2. The van der Waals surface area contributed by atoms with E-state index in [2.05, 4.69) is 28.2 Å². The van der Waals surface area contributed by atoms with E-state index in [0.29, 0.717) is 16.6 Å². The number of carbonyl (C=O) groups is 2. The first kappa shape index (κ1) is 25.7. The molecule has 164 valence electrons. The van der Waals surface area contributed by atoms with Crippen LogP contribution >= 0.6 is 15.9 Å². The predicted octanol–water partition coefficient (Wildman–Crippen LogP) is 6.81. The summed E-state index contributed by atoms with van der Waals surface area (Å²) in [6, 6.07) is 6.48. The van der Waals surface area contributed by atoms with E-state index < -0.39 is 6.04 Å². The number of nitrogens with one attached hydrogen (secondary N) is 1. The van der Waals surface area contributed by atoms with Gasteiger partial charge < -0.3 is 10.1 Å². The smallest absolute Gasteiger partial charge is 0.328 e. The molecule has 0 aliphatic rings. The summed E-state index contributed by atoms with van der Waals surface area (Å²) in [5.41, 5.74) is 0.508. The number of benzene rings is 1. The van der Waals surface area contributed by atoms with E-state index in [9.17, 15) is 9.59 Å². The summed E-state index contributed by atoms with van der Waals surface area (Å²) in [4.78, 5) is 24.3. The van der Waals surface area contributed by atoms with E-state index in [-0.39, 0.29) is 11.9 Å². The van der Waals surface area contributed by atoms with Crippen LogP contribution in [0.3, 0.4) is 0 Å². The molecule has 5 heteroatoms. The highest BCUT2D eigenvalue weighted by Gasteiger charge is 2.18. The molecule has 0 spiro atoms. The zero-order valence-electron chi connectivity index (χ0n) is 18.2. The summed E-state index contributed by atoms with van der Waals surface area (Å²) >= 11 is 3.34. The van der Waals surface area contributed by atoms with E-state index in [4.69, 9.17) is 4.74 Å². The van der Waals surface area contributed by atoms with Gasteiger partial charge in [-0.3, -0.25) is 4.79 Å². The molecule has 0 saturated heterocycles. The lowest BCUT2D eigenvalue weighted by Gasteiger charge is -2.14. The second-order valence-electron chi connectivity index (χ2n) is 7.73. The van der Waals surface area contributed by atoms with Crippen LogP contribution in [0.5, 0.6) is 0 Å². The van der Waals surface area contributed by atoms with Gasteiger partial charge in [-0.15, -0.1) is 0 Å². The van der Waals surface area contributed by atoms with Crippen molar-refractivity contribution in [1.82, 2.24) is 5.32 Å². The van der Waals surface area contributed by atoms with Crippen molar-refractivity contribution in [3.8, 4) is 0 Å². The van der Waals surface area contributed by atoms with Gasteiger partial charge in [0.2, 0.25) is 0 Å². The molecular weight excluding hydrogens is 430 g/mol. The maximum atomic E-state index is 12.2. The molecule has 1 rings (SSSR count). The first-order valence-electron chi connectivity index (χ1n) is 11.3. The Balaban J connectivity index is 2.01. The highest BCUT2D eigenvalue weighted by molar-refractivity contribution is 9.10. The van der Waals surface area contributed by atoms with Crippen molar-refractivity contribution in [2.24, 2.45) is 0 Å². The summed E-state index contributed by atoms with van der Waals surface area (Å²) in [5.74, 6) is -0.666. The molecule has 0 aliphatic carbocycles. The third-order valence-electron chi connectivity index (χ3n) is 5.06. The minimum absolute atomic E-state index is 0.285. The Labute approximate surface area is 185 Å². The van der Waals surface area contributed by atoms with Gasteiger partial charge in [0.05, 0.1) is 12.2 Å². The molecule has 1 aromatic rings. The fourth-order valence-corrected chi connectivity index (χ4v) is 3.68. The number of amides is 1. The van der Waals surface area contributed by atoms with Crippen LogP contribution in [0.25, 0.3) is 0 Å². The highest BCUT2D eigenvalue weighted by Crippen LogP contribution is 2.16. The van der Waals surface area contributed by atoms with E-state index >= 15 is 0 Å². The molecule has 0 fully saturated rings. The van der Waals surface area contributed by atoms with Gasteiger partial charge in [-0.25, -0.2) is 4.79 Å². The van der Waals surface area contributed by atoms with Crippen molar-refractivity contribution < 1.29 is 14.3 Å². The van der Waals surface area contributed by atoms with Crippen molar-refractivity contribution in [2.75, 3.05) is 6.61 Å². The zero-order valence-corrected chi connectivity index (χ0v) is 19.8. The van der Waals surface area contributed by atoms with Gasteiger partial charge in [0, 0.05) is 4.47 Å². The van der Waals surface area contributed by atoms with Crippen LogP contribution < -0.4 is 5.32 Å². The molecule has 0 saturated carbocycles. The van der Waals surface area contributed by atoms with Crippen LogP contribution in [0.4, 0.5) is 0 Å². The van der Waals surface area contributed by atoms with Gasteiger partial charge in [0.1, 0.15) is 6.04 Å². The number of ether oxygens (including phenoxy) is 1. The van der Waals surface area contributed by atoms with Crippen molar-refractivity contribution in [3.05, 3.63) is 34.3 Å². The lowest BCUT2D eigenvalue weighted by Crippen LogP contribution is -2.39. The van der Waals surface area contributed by atoms with Gasteiger partial charge in [-0.05, 0) is 41.4 Å². The van der Waals surface area contributed by atoms with Crippen molar-refractivity contribution >= 4 is 27.8 Å². The summed E-state index contributed by atoms with van der Waals surface area (Å²) in [6.07, 6.45) is 15.3. The minimum atomic E-state index is -0.660. The SMILES string of the molecule is CCCCCCCCCCCCCCOC(=O)[C@H](C)NC(=O)c1ccccc1Br. The van der Waals surface area contributed by atoms with Crippen molar-refractivity contribution in [2.45, 2.75) is 96.9 Å². The third kappa shape index (κ3) is 12.0. The Kier molecular flexibility index (Phi) is 14.6. The highest BCUT2D eigenvalue weighted by atomic mass is 79.9. The van der Waals surface area contributed by atoms with Crippen LogP contribution in [0, 0.1) is 0 Å². The van der Waals surface area contributed by atoms with E-state index in [1.54, 1.807) is 25.1 Å². The molecule has 29 heavy (non-hydrogen) atoms. The number of hydrogen-bond donors (Lipinski definition) is 1. The van der Waals surface area contributed by atoms with Crippen molar-refractivity contribution in [1.29, 1.82) is 0 Å². The van der Waals surface area contributed by atoms with Crippen LogP contribution in [-0.2, 0) is 9.53 Å². The number of rotatable bonds is 16. The fraction of sp³-hybridized carbons (Fsp3) is 0.667. The summed E-state index contributed by atoms with van der Waals surface area (Å²) in [5, 5.41) is 2.69. The Morgan fingerprint density at radius 1 is 0.897 bits per heavy atom. The summed E-state index contributed by atoms with van der Waals surface area (Å²) < 4.78 is 6.00. The molecule has 4 nitrogen and oxygen atoms in total. The molecule has 1 N–H and O–H groups in total. The van der Waals surface area contributed by atoms with Crippen LogP contribution in [0.2, 0.25) is 0 Å². The van der Waals surface area contributed by atoms with E-state index in [1.165, 1.54) is 64.2 Å². The van der Waals surface area contributed by atoms with Gasteiger partial charge >= 0.3 is 5.97 Å². The number of hydrogen-bond acceptors (Lipinski definition) is 3. The average Bonchev–Trinajstić information content (AvgIpc) is 2.71. The summed E-state index contributed by atoms with van der Waals surface area (Å²) in [6.45, 7) is 4.33. The van der Waals surface area contributed by atoms with Gasteiger partial charge in [-0.1, -0.05) is 89.7 Å². The van der Waals surface area contributed by atoms with Gasteiger partial charge in [0.25, 0.3) is 5.91 Å². The van der Waals surface area contributed by atoms with Gasteiger partial charge in [0.15, 0.2) is 0 Å². The molecule has 0 heterocycles. The Morgan fingerprint density at radius 2 is 1.41 bits per heavy atom. The molecule has 1 aromatic carbocycles. The Morgan fingerprint density at radius 3 is 1.97 bits per heavy atom. The minimum Gasteiger partial charge on any atom is -0.464 e. The van der Waals surface area contributed by atoms with E-state index in [0.717, 1.165) is 12.8 Å². The Hall–Kier alpha value is -1.36. The number of esters is 1. The summed E-state index contributed by atoms with van der Waals surface area (Å²) in [7, 11) is 0. The first-order chi connectivity index (χ1) is 14.1.